The lowest BCUT2D eigenvalue weighted by Gasteiger charge is -2.32. The number of nitrogens with one attached hydrogen (secondary N) is 1. The number of rotatable bonds is 7. The number of anilines is 1. The smallest absolute Gasteiger partial charge is 0.261 e. The van der Waals surface area contributed by atoms with Gasteiger partial charge in [-0.2, -0.15) is 0 Å². The molecule has 5 rings (SSSR count). The number of carbonyl (C=O) groups excluding carboxylic acids is 2. The first-order chi connectivity index (χ1) is 17.6. The van der Waals surface area contributed by atoms with Crippen molar-refractivity contribution >= 4 is 29.3 Å². The molecule has 186 valence electrons. The molecular formula is C28H29FN4O2S. The van der Waals surface area contributed by atoms with Gasteiger partial charge in [-0.15, -0.1) is 0 Å². The molecular weight excluding hydrogens is 475 g/mol. The lowest BCUT2D eigenvalue weighted by atomic mass is 9.96. The number of para-hydroxylation sites is 1. The third-order valence-corrected chi connectivity index (χ3v) is 7.92. The van der Waals surface area contributed by atoms with Gasteiger partial charge in [0.2, 0.25) is 5.91 Å². The van der Waals surface area contributed by atoms with Crippen LogP contribution in [0.15, 0.2) is 76.8 Å². The van der Waals surface area contributed by atoms with Crippen LogP contribution >= 0.6 is 11.8 Å². The van der Waals surface area contributed by atoms with Gasteiger partial charge in [-0.05, 0) is 80.2 Å². The van der Waals surface area contributed by atoms with E-state index >= 15 is 0 Å². The summed E-state index contributed by atoms with van der Waals surface area (Å²) in [5, 5.41) is 3.72. The van der Waals surface area contributed by atoms with Crippen LogP contribution in [-0.4, -0.2) is 54.4 Å². The van der Waals surface area contributed by atoms with Crippen molar-refractivity contribution in [2.45, 2.75) is 29.2 Å². The van der Waals surface area contributed by atoms with E-state index in [4.69, 9.17) is 0 Å². The molecule has 1 saturated heterocycles. The number of halogens is 1. The van der Waals surface area contributed by atoms with E-state index in [1.54, 1.807) is 23.2 Å². The first kappa shape index (κ1) is 24.5. The first-order valence-electron chi connectivity index (χ1n) is 12.3. The van der Waals surface area contributed by atoms with Gasteiger partial charge in [-0.3, -0.25) is 14.5 Å². The highest BCUT2D eigenvalue weighted by Crippen LogP contribution is 2.39. The molecule has 2 aliphatic heterocycles. The molecule has 6 nitrogen and oxygen atoms in total. The van der Waals surface area contributed by atoms with E-state index in [-0.39, 0.29) is 24.2 Å². The molecule has 2 aromatic carbocycles. The molecule has 3 heterocycles. The quantitative estimate of drug-likeness (QED) is 0.517. The summed E-state index contributed by atoms with van der Waals surface area (Å²) in [6.07, 6.45) is 4.62. The molecule has 0 radical (unpaired) electrons. The maximum absolute atomic E-state index is 13.3. The summed E-state index contributed by atoms with van der Waals surface area (Å²) in [5.41, 5.74) is 2.39. The number of aromatic nitrogens is 1. The molecule has 0 unspecified atom stereocenters. The summed E-state index contributed by atoms with van der Waals surface area (Å²) >= 11 is 1.45. The second kappa shape index (κ2) is 11.2. The predicted molar refractivity (Wildman–Crippen MR) is 139 cm³/mol. The first-order valence-corrected chi connectivity index (χ1v) is 13.2. The molecule has 0 bridgehead atoms. The number of amides is 2. The lowest BCUT2D eigenvalue weighted by molar-refractivity contribution is -0.120. The number of fused-ring (bicyclic) bond motifs is 2. The van der Waals surface area contributed by atoms with Crippen LogP contribution in [0.1, 0.15) is 28.8 Å². The molecule has 0 aliphatic carbocycles. The maximum Gasteiger partial charge on any atom is 0.261 e. The molecule has 36 heavy (non-hydrogen) atoms. The minimum Gasteiger partial charge on any atom is -0.354 e. The molecule has 0 saturated carbocycles. The predicted octanol–water partition coefficient (Wildman–Crippen LogP) is 4.40. The van der Waals surface area contributed by atoms with Crippen molar-refractivity contribution in [3.8, 4) is 0 Å². The average molecular weight is 505 g/mol. The molecule has 1 aromatic heterocycles. The molecule has 8 heteroatoms. The second-order valence-corrected chi connectivity index (χ2v) is 10.3. The van der Waals surface area contributed by atoms with E-state index in [9.17, 15) is 14.0 Å². The normalized spacial score (nSPS) is 16.2. The Bertz CT molecular complexity index is 1230. The zero-order chi connectivity index (χ0) is 24.9. The van der Waals surface area contributed by atoms with E-state index < -0.39 is 0 Å². The van der Waals surface area contributed by atoms with Gasteiger partial charge in [0.1, 0.15) is 17.4 Å². The van der Waals surface area contributed by atoms with Crippen molar-refractivity contribution in [3.05, 3.63) is 83.8 Å². The fourth-order valence-corrected chi connectivity index (χ4v) is 5.74. The third-order valence-electron chi connectivity index (χ3n) is 6.84. The Balaban J connectivity index is 1.13. The van der Waals surface area contributed by atoms with E-state index in [2.05, 4.69) is 15.2 Å². The Hall–Kier alpha value is -3.23. The highest BCUT2D eigenvalue weighted by molar-refractivity contribution is 7.99. The van der Waals surface area contributed by atoms with Gasteiger partial charge < -0.3 is 10.2 Å². The van der Waals surface area contributed by atoms with Gasteiger partial charge in [-0.1, -0.05) is 36.0 Å². The van der Waals surface area contributed by atoms with Crippen molar-refractivity contribution in [1.29, 1.82) is 0 Å². The Morgan fingerprint density at radius 2 is 1.83 bits per heavy atom. The summed E-state index contributed by atoms with van der Waals surface area (Å²) in [4.78, 5) is 35.5. The van der Waals surface area contributed by atoms with Crippen LogP contribution < -0.4 is 10.2 Å². The number of likely N-dealkylation sites (tertiary alicyclic amines) is 1. The standard InChI is InChI=1S/C28H29FN4O2S/c29-22-9-7-20(8-10-22)11-15-32-16-12-21(13-17-32)18-31-26(34)19-33-24-5-1-2-6-25(24)36-27-23(28(33)35)4-3-14-30-27/h1-10,14,21H,11-13,15-19H2,(H,31,34). The summed E-state index contributed by atoms with van der Waals surface area (Å²) in [6, 6.07) is 17.9. The topological polar surface area (TPSA) is 65.5 Å². The Morgan fingerprint density at radius 3 is 2.64 bits per heavy atom. The van der Waals surface area contributed by atoms with Gasteiger partial charge in [0, 0.05) is 24.2 Å². The van der Waals surface area contributed by atoms with Gasteiger partial charge in [-0.25, -0.2) is 9.37 Å². The molecule has 1 N–H and O–H groups in total. The van der Waals surface area contributed by atoms with Crippen LogP contribution in [0.2, 0.25) is 0 Å². The fourth-order valence-electron chi connectivity index (χ4n) is 4.73. The van der Waals surface area contributed by atoms with Crippen molar-refractivity contribution in [2.75, 3.05) is 37.6 Å². The summed E-state index contributed by atoms with van der Waals surface area (Å²) in [5.74, 6) is -0.148. The number of benzene rings is 2. The Morgan fingerprint density at radius 1 is 1.06 bits per heavy atom. The van der Waals surface area contributed by atoms with Gasteiger partial charge >= 0.3 is 0 Å². The molecule has 2 aliphatic rings. The largest absolute Gasteiger partial charge is 0.354 e. The maximum atomic E-state index is 13.3. The Labute approximate surface area is 214 Å². The number of hydrogen-bond acceptors (Lipinski definition) is 5. The van der Waals surface area contributed by atoms with Crippen molar-refractivity contribution in [3.63, 3.8) is 0 Å². The number of hydrogen-bond donors (Lipinski definition) is 1. The molecule has 0 spiro atoms. The third kappa shape index (κ3) is 5.77. The minimum atomic E-state index is -0.208. The van der Waals surface area contributed by atoms with Gasteiger partial charge in [0.25, 0.3) is 5.91 Å². The zero-order valence-corrected chi connectivity index (χ0v) is 20.8. The van der Waals surface area contributed by atoms with Crippen LogP contribution in [0, 0.1) is 11.7 Å². The number of piperidine rings is 1. The van der Waals surface area contributed by atoms with Crippen molar-refractivity contribution in [2.24, 2.45) is 5.92 Å². The summed E-state index contributed by atoms with van der Waals surface area (Å²) < 4.78 is 13.1. The van der Waals surface area contributed by atoms with Crippen LogP contribution in [-0.2, 0) is 11.2 Å². The average Bonchev–Trinajstić information content (AvgIpc) is 3.02. The zero-order valence-electron chi connectivity index (χ0n) is 20.0. The number of carbonyl (C=O) groups is 2. The van der Waals surface area contributed by atoms with Crippen molar-refractivity contribution in [1.82, 2.24) is 15.2 Å². The molecule has 3 aromatic rings. The fraction of sp³-hybridized carbons (Fsp3) is 0.321. The summed E-state index contributed by atoms with van der Waals surface area (Å²) in [6.45, 7) is 3.51. The van der Waals surface area contributed by atoms with Gasteiger partial charge in [0.15, 0.2) is 0 Å². The highest BCUT2D eigenvalue weighted by Gasteiger charge is 2.29. The van der Waals surface area contributed by atoms with E-state index in [0.717, 1.165) is 55.0 Å². The Kier molecular flexibility index (Phi) is 7.63. The second-order valence-electron chi connectivity index (χ2n) is 9.28. The van der Waals surface area contributed by atoms with Crippen molar-refractivity contribution < 1.29 is 14.0 Å². The van der Waals surface area contributed by atoms with E-state index in [1.807, 2.05) is 36.4 Å². The lowest BCUT2D eigenvalue weighted by Crippen LogP contribution is -2.44. The van der Waals surface area contributed by atoms with E-state index in [0.29, 0.717) is 23.1 Å². The number of pyridine rings is 1. The van der Waals surface area contributed by atoms with Crippen LogP contribution in [0.25, 0.3) is 0 Å². The monoisotopic (exact) mass is 504 g/mol. The highest BCUT2D eigenvalue weighted by atomic mass is 32.2. The SMILES string of the molecule is O=C(CN1C(=O)c2cccnc2Sc2ccccc21)NCC1CCN(CCc2ccc(F)cc2)CC1. The van der Waals surface area contributed by atoms with Crippen LogP contribution in [0.5, 0.6) is 0 Å². The van der Waals surface area contributed by atoms with Crippen LogP contribution in [0.3, 0.4) is 0 Å². The van der Waals surface area contributed by atoms with Gasteiger partial charge in [0.05, 0.1) is 11.3 Å². The minimum absolute atomic E-state index is 0.0265. The molecule has 1 fully saturated rings. The summed E-state index contributed by atoms with van der Waals surface area (Å²) in [7, 11) is 0. The molecule has 0 atom stereocenters. The molecule has 2 amide bonds. The van der Waals surface area contributed by atoms with Crippen LogP contribution in [0.4, 0.5) is 10.1 Å². The van der Waals surface area contributed by atoms with E-state index in [1.165, 1.54) is 23.9 Å². The number of nitrogens with zero attached hydrogens (tertiary/aromatic N) is 3.